The number of pyridine rings is 1. The van der Waals surface area contributed by atoms with Gasteiger partial charge in [0.15, 0.2) is 0 Å². The van der Waals surface area contributed by atoms with E-state index in [1.165, 1.54) is 11.1 Å². The Morgan fingerprint density at radius 1 is 1.06 bits per heavy atom. The summed E-state index contributed by atoms with van der Waals surface area (Å²) < 4.78 is 0. The van der Waals surface area contributed by atoms with Crippen molar-refractivity contribution in [2.75, 3.05) is 7.05 Å². The average Bonchev–Trinajstić information content (AvgIpc) is 2.38. The van der Waals surface area contributed by atoms with Gasteiger partial charge in [0, 0.05) is 5.69 Å². The molecule has 1 heterocycles. The Balaban J connectivity index is 2.23. The third-order valence-corrected chi connectivity index (χ3v) is 3.30. The summed E-state index contributed by atoms with van der Waals surface area (Å²) in [6.07, 6.45) is 0.972. The SMILES string of the molecule is CNC(Cc1ccccc1C)c1cccc(C)n1. The lowest BCUT2D eigenvalue weighted by atomic mass is 9.99. The second-order valence-corrected chi connectivity index (χ2v) is 4.68. The van der Waals surface area contributed by atoms with E-state index in [2.05, 4.69) is 53.6 Å². The number of hydrogen-bond donors (Lipinski definition) is 1. The van der Waals surface area contributed by atoms with Crippen LogP contribution in [-0.2, 0) is 6.42 Å². The van der Waals surface area contributed by atoms with Gasteiger partial charge < -0.3 is 5.32 Å². The highest BCUT2D eigenvalue weighted by Gasteiger charge is 2.12. The molecule has 2 nitrogen and oxygen atoms in total. The molecule has 0 aliphatic carbocycles. The maximum absolute atomic E-state index is 4.61. The van der Waals surface area contributed by atoms with E-state index >= 15 is 0 Å². The predicted molar refractivity (Wildman–Crippen MR) is 75.7 cm³/mol. The molecule has 0 bridgehead atoms. The monoisotopic (exact) mass is 240 g/mol. The molecule has 94 valence electrons. The fourth-order valence-corrected chi connectivity index (χ4v) is 2.17. The van der Waals surface area contributed by atoms with Crippen molar-refractivity contribution >= 4 is 0 Å². The van der Waals surface area contributed by atoms with E-state index < -0.39 is 0 Å². The van der Waals surface area contributed by atoms with Gasteiger partial charge in [-0.05, 0) is 50.6 Å². The van der Waals surface area contributed by atoms with Crippen LogP contribution < -0.4 is 5.32 Å². The molecular formula is C16H20N2. The highest BCUT2D eigenvalue weighted by Crippen LogP contribution is 2.18. The van der Waals surface area contributed by atoms with Crippen LogP contribution in [0, 0.1) is 13.8 Å². The molecule has 1 unspecified atom stereocenters. The lowest BCUT2D eigenvalue weighted by Crippen LogP contribution is -2.20. The topological polar surface area (TPSA) is 24.9 Å². The molecule has 0 spiro atoms. The van der Waals surface area contributed by atoms with Crippen molar-refractivity contribution in [3.05, 3.63) is 65.0 Å². The Hall–Kier alpha value is -1.67. The summed E-state index contributed by atoms with van der Waals surface area (Å²) in [5.41, 5.74) is 4.89. The molecule has 0 radical (unpaired) electrons. The minimum atomic E-state index is 0.269. The smallest absolute Gasteiger partial charge is 0.0579 e. The number of nitrogens with zero attached hydrogens (tertiary/aromatic N) is 1. The lowest BCUT2D eigenvalue weighted by molar-refractivity contribution is 0.573. The van der Waals surface area contributed by atoms with E-state index in [0.29, 0.717) is 0 Å². The molecule has 1 aromatic carbocycles. The second kappa shape index (κ2) is 5.78. The van der Waals surface area contributed by atoms with Crippen molar-refractivity contribution in [2.45, 2.75) is 26.3 Å². The van der Waals surface area contributed by atoms with Crippen molar-refractivity contribution in [1.29, 1.82) is 0 Å². The number of aromatic nitrogens is 1. The van der Waals surface area contributed by atoms with Crippen LogP contribution in [0.2, 0.25) is 0 Å². The second-order valence-electron chi connectivity index (χ2n) is 4.68. The van der Waals surface area contributed by atoms with Crippen LogP contribution in [0.15, 0.2) is 42.5 Å². The minimum absolute atomic E-state index is 0.269. The van der Waals surface area contributed by atoms with Crippen LogP contribution >= 0.6 is 0 Å². The highest BCUT2D eigenvalue weighted by atomic mass is 14.9. The first-order valence-electron chi connectivity index (χ1n) is 6.36. The number of hydrogen-bond acceptors (Lipinski definition) is 2. The number of rotatable bonds is 4. The molecule has 2 rings (SSSR count). The summed E-state index contributed by atoms with van der Waals surface area (Å²) >= 11 is 0. The van der Waals surface area contributed by atoms with Crippen molar-refractivity contribution in [3.63, 3.8) is 0 Å². The van der Waals surface area contributed by atoms with Crippen LogP contribution in [0.25, 0.3) is 0 Å². The van der Waals surface area contributed by atoms with Gasteiger partial charge in [0.05, 0.1) is 11.7 Å². The van der Waals surface area contributed by atoms with Gasteiger partial charge in [-0.1, -0.05) is 30.3 Å². The molecule has 2 heteroatoms. The summed E-state index contributed by atoms with van der Waals surface area (Å²) in [6.45, 7) is 4.19. The van der Waals surface area contributed by atoms with Crippen LogP contribution in [0.5, 0.6) is 0 Å². The number of aryl methyl sites for hydroxylation is 2. The van der Waals surface area contributed by atoms with E-state index in [0.717, 1.165) is 17.8 Å². The summed E-state index contributed by atoms with van der Waals surface area (Å²) in [4.78, 5) is 4.61. The van der Waals surface area contributed by atoms with E-state index in [9.17, 15) is 0 Å². The Kier molecular flexibility index (Phi) is 4.11. The molecule has 0 saturated carbocycles. The number of likely N-dealkylation sites (N-methyl/N-ethyl adjacent to an activating group) is 1. The molecule has 0 aliphatic rings. The lowest BCUT2D eigenvalue weighted by Gasteiger charge is -2.17. The average molecular weight is 240 g/mol. The van der Waals surface area contributed by atoms with Crippen molar-refractivity contribution in [1.82, 2.24) is 10.3 Å². The predicted octanol–water partition coefficient (Wildman–Crippen LogP) is 3.20. The molecule has 0 amide bonds. The molecule has 1 N–H and O–H groups in total. The Bertz CT molecular complexity index is 520. The Morgan fingerprint density at radius 2 is 1.83 bits per heavy atom. The first kappa shape index (κ1) is 12.8. The zero-order valence-electron chi connectivity index (χ0n) is 11.3. The molecular weight excluding hydrogens is 220 g/mol. The minimum Gasteiger partial charge on any atom is -0.311 e. The first-order valence-corrected chi connectivity index (χ1v) is 6.36. The van der Waals surface area contributed by atoms with Gasteiger partial charge in [-0.25, -0.2) is 0 Å². The van der Waals surface area contributed by atoms with Gasteiger partial charge >= 0.3 is 0 Å². The van der Waals surface area contributed by atoms with Gasteiger partial charge in [-0.15, -0.1) is 0 Å². The van der Waals surface area contributed by atoms with Gasteiger partial charge in [0.1, 0.15) is 0 Å². The van der Waals surface area contributed by atoms with Crippen LogP contribution in [-0.4, -0.2) is 12.0 Å². The summed E-state index contributed by atoms with van der Waals surface area (Å²) in [5.74, 6) is 0. The van der Waals surface area contributed by atoms with E-state index in [4.69, 9.17) is 0 Å². The van der Waals surface area contributed by atoms with Crippen molar-refractivity contribution < 1.29 is 0 Å². The standard InChI is InChI=1S/C16H20N2/c1-12-7-4-5-9-14(12)11-16(17-3)15-10-6-8-13(2)18-15/h4-10,16-17H,11H2,1-3H3. The zero-order chi connectivity index (χ0) is 13.0. The van der Waals surface area contributed by atoms with Crippen molar-refractivity contribution in [3.8, 4) is 0 Å². The maximum Gasteiger partial charge on any atom is 0.0579 e. The summed E-state index contributed by atoms with van der Waals surface area (Å²) in [7, 11) is 1.99. The Labute approximate surface area is 109 Å². The summed E-state index contributed by atoms with van der Waals surface area (Å²) in [6, 6.07) is 15.0. The number of benzene rings is 1. The van der Waals surface area contributed by atoms with Crippen LogP contribution in [0.1, 0.15) is 28.6 Å². The number of nitrogens with one attached hydrogen (secondary N) is 1. The van der Waals surface area contributed by atoms with E-state index in [1.807, 2.05) is 20.0 Å². The molecule has 0 aliphatic heterocycles. The van der Waals surface area contributed by atoms with Gasteiger partial charge in [0.25, 0.3) is 0 Å². The quantitative estimate of drug-likeness (QED) is 0.887. The molecule has 0 saturated heterocycles. The molecule has 18 heavy (non-hydrogen) atoms. The highest BCUT2D eigenvalue weighted by molar-refractivity contribution is 5.28. The first-order chi connectivity index (χ1) is 8.70. The molecule has 0 fully saturated rings. The van der Waals surface area contributed by atoms with Gasteiger partial charge in [-0.2, -0.15) is 0 Å². The van der Waals surface area contributed by atoms with Gasteiger partial charge in [-0.3, -0.25) is 4.98 Å². The van der Waals surface area contributed by atoms with Crippen LogP contribution in [0.3, 0.4) is 0 Å². The fourth-order valence-electron chi connectivity index (χ4n) is 2.17. The molecule has 1 aromatic heterocycles. The zero-order valence-corrected chi connectivity index (χ0v) is 11.3. The Morgan fingerprint density at radius 3 is 2.50 bits per heavy atom. The fraction of sp³-hybridized carbons (Fsp3) is 0.312. The largest absolute Gasteiger partial charge is 0.311 e. The summed E-state index contributed by atoms with van der Waals surface area (Å²) in [5, 5.41) is 3.36. The van der Waals surface area contributed by atoms with Crippen molar-refractivity contribution in [2.24, 2.45) is 0 Å². The van der Waals surface area contributed by atoms with E-state index in [1.54, 1.807) is 0 Å². The van der Waals surface area contributed by atoms with E-state index in [-0.39, 0.29) is 6.04 Å². The third-order valence-electron chi connectivity index (χ3n) is 3.30. The normalized spacial score (nSPS) is 12.4. The van der Waals surface area contributed by atoms with Gasteiger partial charge in [0.2, 0.25) is 0 Å². The molecule has 1 atom stereocenters. The van der Waals surface area contributed by atoms with Crippen LogP contribution in [0.4, 0.5) is 0 Å². The molecule has 2 aromatic rings. The third kappa shape index (κ3) is 2.96. The maximum atomic E-state index is 4.61.